The van der Waals surface area contributed by atoms with Crippen LogP contribution in [0, 0.1) is 16.2 Å². The van der Waals surface area contributed by atoms with E-state index >= 15 is 0 Å². The number of carbonyl (C=O) groups is 4. The molecule has 60 heavy (non-hydrogen) atoms. The molecule has 2 fully saturated rings. The highest BCUT2D eigenvalue weighted by Crippen LogP contribution is 2.39. The van der Waals surface area contributed by atoms with Crippen LogP contribution in [0.2, 0.25) is 0 Å². The van der Waals surface area contributed by atoms with Crippen LogP contribution in [0.15, 0.2) is 54.0 Å². The molecule has 3 aliphatic rings. The van der Waals surface area contributed by atoms with Gasteiger partial charge >= 0.3 is 5.97 Å². The third-order valence-electron chi connectivity index (χ3n) is 11.6. The maximum Gasteiger partial charge on any atom is 0.324 e. The number of cyclic esters (lactones) is 1. The number of likely N-dealkylation sites (N-methyl/N-ethyl adjacent to an activating group) is 1. The van der Waals surface area contributed by atoms with Gasteiger partial charge in [-0.1, -0.05) is 34.3 Å². The highest BCUT2D eigenvalue weighted by molar-refractivity contribution is 5.94. The van der Waals surface area contributed by atoms with E-state index in [1.165, 1.54) is 29.5 Å². The first-order valence-electron chi connectivity index (χ1n) is 20.6. The summed E-state index contributed by atoms with van der Waals surface area (Å²) >= 11 is 0. The number of benzene rings is 1. The molecule has 1 aromatic carbocycles. The molecule has 0 spiro atoms. The van der Waals surface area contributed by atoms with E-state index in [0.717, 1.165) is 32.6 Å². The van der Waals surface area contributed by atoms with E-state index in [0.29, 0.717) is 44.3 Å². The largest absolute Gasteiger partial charge is 0.464 e. The van der Waals surface area contributed by atoms with Crippen LogP contribution in [-0.2, 0) is 43.3 Å². The molecule has 2 saturated heterocycles. The Kier molecular flexibility index (Phi) is 12.1. The van der Waals surface area contributed by atoms with Crippen molar-refractivity contribution in [2.75, 3.05) is 33.3 Å². The lowest BCUT2D eigenvalue weighted by molar-refractivity contribution is -0.732. The second-order valence-corrected chi connectivity index (χ2v) is 17.0. The Bertz CT molecular complexity index is 2290. The molecule has 2 N–H and O–H groups in total. The number of rotatable bonds is 9. The SMILES string of the molecule is C=CC(=O)N1CC[C@H]([N+](=O)N(C)[C@H](C(=O)N[C@H]2Cc3nnc(o3)-c3ccc4c(c3)c(c(-c3cncnc3)n4CC)CC(C)(C)COC(=O)[C@@H]3CCCN(N3)C2=O)C(C)C)C1. The number of hydrogen-bond acceptors (Lipinski definition) is 12. The number of likely N-dealkylation sites (tertiary alicyclic amines) is 1. The number of nitroso groups, excluding NO2 is 1. The highest BCUT2D eigenvalue weighted by atomic mass is 16.5. The van der Waals surface area contributed by atoms with Gasteiger partial charge in [0.1, 0.15) is 23.3 Å². The van der Waals surface area contributed by atoms with E-state index in [-0.39, 0.29) is 49.7 Å². The molecule has 3 amide bonds. The van der Waals surface area contributed by atoms with E-state index in [4.69, 9.17) is 9.15 Å². The van der Waals surface area contributed by atoms with Gasteiger partial charge in [-0.15, -0.1) is 15.2 Å². The first-order chi connectivity index (χ1) is 28.7. The predicted molar refractivity (Wildman–Crippen MR) is 219 cm³/mol. The van der Waals surface area contributed by atoms with Gasteiger partial charge in [-0.05, 0) is 61.9 Å². The van der Waals surface area contributed by atoms with E-state index in [1.54, 1.807) is 17.3 Å². The van der Waals surface area contributed by atoms with Crippen LogP contribution in [-0.4, -0.2) is 126 Å². The minimum atomic E-state index is -1.23. The minimum Gasteiger partial charge on any atom is -0.464 e. The monoisotopic (exact) mass is 824 g/mol. The number of nitrogens with one attached hydrogen (secondary N) is 2. The number of hydrazine groups is 2. The first kappa shape index (κ1) is 42.1. The number of fused-ring (bicyclic) bond motifs is 6. The zero-order valence-electron chi connectivity index (χ0n) is 35.1. The van der Waals surface area contributed by atoms with Crippen molar-refractivity contribution in [3.63, 3.8) is 0 Å². The smallest absolute Gasteiger partial charge is 0.324 e. The number of aromatic nitrogens is 5. The molecular formula is C42H54N11O7+. The summed E-state index contributed by atoms with van der Waals surface area (Å²) in [5.41, 5.74) is 7.02. The Hall–Kier alpha value is -6.04. The van der Waals surface area contributed by atoms with E-state index in [2.05, 4.69) is 49.0 Å². The van der Waals surface area contributed by atoms with Gasteiger partial charge in [0, 0.05) is 65.9 Å². The molecule has 0 radical (unpaired) electrons. The van der Waals surface area contributed by atoms with Gasteiger partial charge in [-0.2, -0.15) is 0 Å². The molecule has 4 atom stereocenters. The van der Waals surface area contributed by atoms with Gasteiger partial charge in [0.2, 0.25) is 23.6 Å². The predicted octanol–water partition coefficient (Wildman–Crippen LogP) is 3.25. The van der Waals surface area contributed by atoms with Crippen molar-refractivity contribution in [2.45, 2.75) is 97.4 Å². The van der Waals surface area contributed by atoms with Crippen LogP contribution >= 0.6 is 0 Å². The summed E-state index contributed by atoms with van der Waals surface area (Å²) < 4.78 is 14.5. The number of ether oxygens (including phenoxy) is 1. The zero-order valence-corrected chi connectivity index (χ0v) is 35.1. The van der Waals surface area contributed by atoms with Crippen molar-refractivity contribution < 1.29 is 33.2 Å². The van der Waals surface area contributed by atoms with Crippen molar-refractivity contribution in [3.8, 4) is 22.7 Å². The number of nitrogens with zero attached hydrogens (tertiary/aromatic N) is 9. The third-order valence-corrected chi connectivity index (χ3v) is 11.6. The molecule has 4 aromatic rings. The van der Waals surface area contributed by atoms with Gasteiger partial charge < -0.3 is 23.9 Å². The molecule has 6 bridgehead atoms. The molecule has 318 valence electrons. The number of aryl methyl sites for hydroxylation is 1. The van der Waals surface area contributed by atoms with Gasteiger partial charge in [0.25, 0.3) is 11.9 Å². The molecule has 18 heteroatoms. The topological polar surface area (TPSA) is 201 Å². The Balaban J connectivity index is 1.24. The van der Waals surface area contributed by atoms with Crippen LogP contribution in [0.3, 0.4) is 0 Å². The third kappa shape index (κ3) is 8.50. The minimum absolute atomic E-state index is 0.102. The zero-order chi connectivity index (χ0) is 42.9. The Labute approximate surface area is 348 Å². The summed E-state index contributed by atoms with van der Waals surface area (Å²) in [4.78, 5) is 79.2. The van der Waals surface area contributed by atoms with Gasteiger partial charge in [-0.25, -0.2) is 15.4 Å². The molecule has 6 heterocycles. The standard InChI is InChI=1S/C42H53N11O7/c1-8-35(54)50-16-14-28(22-50)53(58)49(7)36(25(3)4)38(55)45-32-18-34-46-47-39(60-34)26-12-13-33-29(17-26)30(37(51(33)9-2)27-20-43-24-44-21-27)19-42(5,6)23-59-41(57)31-11-10-15-52(48-31)40(32)56/h8,12-13,17,20-21,24-25,28,31-32,36,48H,1,9-11,14-16,18-19,22-23H2,2-7H3/p+1/t28-,31-,32-,36-/m0/s1. The summed E-state index contributed by atoms with van der Waals surface area (Å²) in [5.74, 6) is -1.88. The van der Waals surface area contributed by atoms with E-state index in [1.807, 2.05) is 45.9 Å². The van der Waals surface area contributed by atoms with Gasteiger partial charge in [0.15, 0.2) is 6.04 Å². The Morgan fingerprint density at radius 3 is 2.62 bits per heavy atom. The average Bonchev–Trinajstić information content (AvgIpc) is 4.00. The normalized spacial score (nSPS) is 21.4. The average molecular weight is 825 g/mol. The Morgan fingerprint density at radius 2 is 1.90 bits per heavy atom. The van der Waals surface area contributed by atoms with Gasteiger partial charge in [-0.3, -0.25) is 24.2 Å². The second-order valence-electron chi connectivity index (χ2n) is 17.0. The van der Waals surface area contributed by atoms with E-state index < -0.39 is 47.4 Å². The fourth-order valence-electron chi connectivity index (χ4n) is 8.64. The van der Waals surface area contributed by atoms with Crippen molar-refractivity contribution in [3.05, 3.63) is 65.9 Å². The van der Waals surface area contributed by atoms with E-state index in [9.17, 15) is 24.1 Å². The molecule has 3 aliphatic heterocycles. The van der Waals surface area contributed by atoms with Crippen molar-refractivity contribution >= 4 is 34.6 Å². The van der Waals surface area contributed by atoms with Crippen molar-refractivity contribution in [1.29, 1.82) is 0 Å². The van der Waals surface area contributed by atoms with Crippen LogP contribution in [0.5, 0.6) is 0 Å². The fourth-order valence-corrected chi connectivity index (χ4v) is 8.64. The lowest BCUT2D eigenvalue weighted by atomic mass is 9.84. The first-order valence-corrected chi connectivity index (χ1v) is 20.6. The molecular weight excluding hydrogens is 771 g/mol. The molecule has 18 nitrogen and oxygen atoms in total. The lowest BCUT2D eigenvalue weighted by Gasteiger charge is -2.36. The number of amides is 3. The summed E-state index contributed by atoms with van der Waals surface area (Å²) in [6.45, 7) is 15.0. The molecule has 0 aliphatic carbocycles. The quantitative estimate of drug-likeness (QED) is 0.108. The second kappa shape index (κ2) is 17.3. The van der Waals surface area contributed by atoms with Crippen LogP contribution in [0.25, 0.3) is 33.6 Å². The molecule has 7 rings (SSSR count). The van der Waals surface area contributed by atoms with Crippen LogP contribution < -0.4 is 10.7 Å². The maximum atomic E-state index is 14.4. The summed E-state index contributed by atoms with van der Waals surface area (Å²) in [6, 6.07) is 2.32. The Morgan fingerprint density at radius 1 is 1.13 bits per heavy atom. The van der Waals surface area contributed by atoms with Crippen LogP contribution in [0.4, 0.5) is 0 Å². The van der Waals surface area contributed by atoms with Crippen molar-refractivity contribution in [2.24, 2.45) is 11.3 Å². The maximum absolute atomic E-state index is 14.4. The molecule has 3 aromatic heterocycles. The number of carbonyl (C=O) groups excluding carboxylic acids is 4. The number of hydrogen-bond donors (Lipinski definition) is 2. The highest BCUT2D eigenvalue weighted by Gasteiger charge is 2.45. The van der Waals surface area contributed by atoms with Gasteiger partial charge in [0.05, 0.1) is 37.2 Å². The summed E-state index contributed by atoms with van der Waals surface area (Å²) in [7, 11) is 1.53. The van der Waals surface area contributed by atoms with Crippen molar-refractivity contribution in [1.82, 2.24) is 50.4 Å². The summed E-state index contributed by atoms with van der Waals surface area (Å²) in [5, 5.41) is 15.2. The lowest BCUT2D eigenvalue weighted by Crippen LogP contribution is -2.62. The molecule has 0 unspecified atom stereocenters. The fraction of sp³-hybridized carbons (Fsp3) is 0.524. The molecule has 0 saturated carbocycles. The summed E-state index contributed by atoms with van der Waals surface area (Å²) in [6.07, 6.45) is 8.03. The van der Waals surface area contributed by atoms with Crippen LogP contribution in [0.1, 0.15) is 65.3 Å². The number of esters is 1.